The van der Waals surface area contributed by atoms with E-state index in [-0.39, 0.29) is 11.8 Å². The molecule has 6 heteroatoms. The SMILES string of the molecule is O=C1NCCCCC1NC(=O)C1Cc2cc(Cl)ccc2O1. The smallest absolute Gasteiger partial charge is 0.262 e. The number of fused-ring (bicyclic) bond motifs is 1. The molecule has 2 aliphatic rings. The van der Waals surface area contributed by atoms with Crippen LogP contribution in [0.25, 0.3) is 0 Å². The number of benzene rings is 1. The van der Waals surface area contributed by atoms with Gasteiger partial charge in [0, 0.05) is 18.0 Å². The van der Waals surface area contributed by atoms with E-state index in [1.165, 1.54) is 0 Å². The quantitative estimate of drug-likeness (QED) is 0.868. The van der Waals surface area contributed by atoms with Crippen LogP contribution in [0.5, 0.6) is 5.75 Å². The van der Waals surface area contributed by atoms with Crippen LogP contribution < -0.4 is 15.4 Å². The molecule has 0 saturated carbocycles. The Morgan fingerprint density at radius 1 is 1.38 bits per heavy atom. The van der Waals surface area contributed by atoms with E-state index in [1.54, 1.807) is 12.1 Å². The lowest BCUT2D eigenvalue weighted by Gasteiger charge is -2.18. The molecule has 3 rings (SSSR count). The molecule has 0 spiro atoms. The lowest BCUT2D eigenvalue weighted by molar-refractivity contribution is -0.132. The van der Waals surface area contributed by atoms with E-state index in [4.69, 9.17) is 16.3 Å². The number of hydrogen-bond donors (Lipinski definition) is 2. The van der Waals surface area contributed by atoms with Gasteiger partial charge in [-0.3, -0.25) is 9.59 Å². The summed E-state index contributed by atoms with van der Waals surface area (Å²) in [4.78, 5) is 24.1. The number of nitrogens with one attached hydrogen (secondary N) is 2. The van der Waals surface area contributed by atoms with E-state index >= 15 is 0 Å². The molecule has 112 valence electrons. The first kappa shape index (κ1) is 14.2. The fraction of sp³-hybridized carbons (Fsp3) is 0.467. The number of carbonyl (C=O) groups excluding carboxylic acids is 2. The molecule has 2 heterocycles. The Labute approximate surface area is 128 Å². The van der Waals surface area contributed by atoms with Crippen LogP contribution in [0.3, 0.4) is 0 Å². The molecular weight excluding hydrogens is 292 g/mol. The van der Waals surface area contributed by atoms with Crippen molar-refractivity contribution in [3.05, 3.63) is 28.8 Å². The maximum atomic E-state index is 12.3. The van der Waals surface area contributed by atoms with E-state index in [9.17, 15) is 9.59 Å². The summed E-state index contributed by atoms with van der Waals surface area (Å²) >= 11 is 5.93. The van der Waals surface area contributed by atoms with Crippen molar-refractivity contribution in [3.63, 3.8) is 0 Å². The van der Waals surface area contributed by atoms with Gasteiger partial charge < -0.3 is 15.4 Å². The van der Waals surface area contributed by atoms with Gasteiger partial charge >= 0.3 is 0 Å². The Hall–Kier alpha value is -1.75. The van der Waals surface area contributed by atoms with Crippen LogP contribution in [0.15, 0.2) is 18.2 Å². The summed E-state index contributed by atoms with van der Waals surface area (Å²) in [6.07, 6.45) is 2.43. The zero-order valence-electron chi connectivity index (χ0n) is 11.5. The minimum Gasteiger partial charge on any atom is -0.480 e. The highest BCUT2D eigenvalue weighted by molar-refractivity contribution is 6.30. The normalized spacial score (nSPS) is 24.5. The molecule has 1 saturated heterocycles. The van der Waals surface area contributed by atoms with Crippen molar-refractivity contribution in [2.24, 2.45) is 0 Å². The summed E-state index contributed by atoms with van der Waals surface area (Å²) in [7, 11) is 0. The molecule has 1 aromatic carbocycles. The van der Waals surface area contributed by atoms with E-state index in [2.05, 4.69) is 10.6 Å². The second kappa shape index (κ2) is 5.93. The van der Waals surface area contributed by atoms with Crippen LogP contribution in [0.4, 0.5) is 0 Å². The molecule has 2 unspecified atom stereocenters. The average Bonchev–Trinajstić information content (AvgIpc) is 2.78. The highest BCUT2D eigenvalue weighted by Gasteiger charge is 2.32. The van der Waals surface area contributed by atoms with Crippen LogP contribution in [-0.2, 0) is 16.0 Å². The topological polar surface area (TPSA) is 67.4 Å². The lowest BCUT2D eigenvalue weighted by Crippen LogP contribution is -2.49. The van der Waals surface area contributed by atoms with Gasteiger partial charge in [0.25, 0.3) is 5.91 Å². The standard InChI is InChI=1S/C15H17ClN2O3/c16-10-4-5-12-9(7-10)8-13(21-12)15(20)18-11-3-1-2-6-17-14(11)19/h4-5,7,11,13H,1-3,6,8H2,(H,17,19)(H,18,20). The van der Waals surface area contributed by atoms with Crippen LogP contribution >= 0.6 is 11.6 Å². The molecule has 5 nitrogen and oxygen atoms in total. The molecule has 2 N–H and O–H groups in total. The van der Waals surface area contributed by atoms with Gasteiger partial charge in [-0.1, -0.05) is 11.6 Å². The monoisotopic (exact) mass is 308 g/mol. The number of ether oxygens (including phenoxy) is 1. The van der Waals surface area contributed by atoms with E-state index in [1.807, 2.05) is 6.07 Å². The van der Waals surface area contributed by atoms with Gasteiger partial charge in [0.1, 0.15) is 11.8 Å². The van der Waals surface area contributed by atoms with Crippen LogP contribution in [0.1, 0.15) is 24.8 Å². The van der Waals surface area contributed by atoms with Crippen LogP contribution in [-0.4, -0.2) is 30.5 Å². The first-order chi connectivity index (χ1) is 10.1. The van der Waals surface area contributed by atoms with Crippen LogP contribution in [0, 0.1) is 0 Å². The van der Waals surface area contributed by atoms with Crippen molar-refractivity contribution < 1.29 is 14.3 Å². The molecular formula is C15H17ClN2O3. The number of rotatable bonds is 2. The fourth-order valence-electron chi connectivity index (χ4n) is 2.71. The number of halogens is 1. The Morgan fingerprint density at radius 2 is 2.24 bits per heavy atom. The van der Waals surface area contributed by atoms with Crippen molar-refractivity contribution in [1.29, 1.82) is 0 Å². The van der Waals surface area contributed by atoms with E-state index < -0.39 is 12.1 Å². The molecule has 21 heavy (non-hydrogen) atoms. The van der Waals surface area contributed by atoms with E-state index in [0.717, 1.165) is 18.4 Å². The van der Waals surface area contributed by atoms with Gasteiger partial charge in [-0.05, 0) is 43.0 Å². The Morgan fingerprint density at radius 3 is 3.10 bits per heavy atom. The first-order valence-electron chi connectivity index (χ1n) is 7.16. The molecule has 2 amide bonds. The zero-order chi connectivity index (χ0) is 14.8. The van der Waals surface area contributed by atoms with Crippen molar-refractivity contribution in [3.8, 4) is 5.75 Å². The Balaban J connectivity index is 1.63. The summed E-state index contributed by atoms with van der Waals surface area (Å²) in [6.45, 7) is 0.676. The second-order valence-corrected chi connectivity index (χ2v) is 5.85. The van der Waals surface area contributed by atoms with Gasteiger partial charge in [0.05, 0.1) is 0 Å². The van der Waals surface area contributed by atoms with Crippen molar-refractivity contribution in [2.45, 2.75) is 37.8 Å². The zero-order valence-corrected chi connectivity index (χ0v) is 12.3. The fourth-order valence-corrected chi connectivity index (χ4v) is 2.90. The van der Waals surface area contributed by atoms with Gasteiger partial charge in [-0.15, -0.1) is 0 Å². The van der Waals surface area contributed by atoms with Crippen LogP contribution in [0.2, 0.25) is 5.02 Å². The summed E-state index contributed by atoms with van der Waals surface area (Å²) < 4.78 is 5.63. The first-order valence-corrected chi connectivity index (χ1v) is 7.54. The minimum atomic E-state index is -0.588. The second-order valence-electron chi connectivity index (χ2n) is 5.41. The predicted octanol–water partition coefficient (Wildman–Crippen LogP) is 1.43. The molecule has 0 aromatic heterocycles. The Kier molecular flexibility index (Phi) is 4.01. The molecule has 1 aromatic rings. The highest BCUT2D eigenvalue weighted by atomic mass is 35.5. The largest absolute Gasteiger partial charge is 0.480 e. The molecule has 0 aliphatic carbocycles. The third-order valence-corrected chi connectivity index (χ3v) is 4.08. The van der Waals surface area contributed by atoms with Crippen molar-refractivity contribution in [1.82, 2.24) is 10.6 Å². The number of hydrogen-bond acceptors (Lipinski definition) is 3. The predicted molar refractivity (Wildman–Crippen MR) is 78.4 cm³/mol. The summed E-state index contributed by atoms with van der Waals surface area (Å²) in [5, 5.41) is 6.22. The maximum Gasteiger partial charge on any atom is 0.262 e. The van der Waals surface area contributed by atoms with Gasteiger partial charge in [0.2, 0.25) is 5.91 Å². The molecule has 0 radical (unpaired) electrons. The molecule has 1 fully saturated rings. The summed E-state index contributed by atoms with van der Waals surface area (Å²) in [5.74, 6) is 0.327. The maximum absolute atomic E-state index is 12.3. The third kappa shape index (κ3) is 3.13. The Bertz CT molecular complexity index is 576. The average molecular weight is 309 g/mol. The molecule has 2 aliphatic heterocycles. The third-order valence-electron chi connectivity index (χ3n) is 3.84. The van der Waals surface area contributed by atoms with E-state index in [0.29, 0.717) is 30.2 Å². The van der Waals surface area contributed by atoms with Gasteiger partial charge in [-0.25, -0.2) is 0 Å². The highest BCUT2D eigenvalue weighted by Crippen LogP contribution is 2.31. The van der Waals surface area contributed by atoms with Gasteiger partial charge in [0.15, 0.2) is 6.10 Å². The van der Waals surface area contributed by atoms with Crippen molar-refractivity contribution in [2.75, 3.05) is 6.54 Å². The van der Waals surface area contributed by atoms with Crippen molar-refractivity contribution >= 4 is 23.4 Å². The lowest BCUT2D eigenvalue weighted by atomic mass is 10.1. The number of amides is 2. The summed E-state index contributed by atoms with van der Waals surface area (Å²) in [5.41, 5.74) is 0.924. The molecule has 2 atom stereocenters. The molecule has 0 bridgehead atoms. The number of carbonyl (C=O) groups is 2. The van der Waals surface area contributed by atoms with Gasteiger partial charge in [-0.2, -0.15) is 0 Å². The minimum absolute atomic E-state index is 0.112. The summed E-state index contributed by atoms with van der Waals surface area (Å²) in [6, 6.07) is 4.85.